The highest BCUT2D eigenvalue weighted by atomic mass is 79.9. The molecule has 3 aliphatic carbocycles. The Labute approximate surface area is 114 Å². The zero-order valence-electron chi connectivity index (χ0n) is 9.73. The molecule has 4 rings (SSSR count). The van der Waals surface area contributed by atoms with Crippen molar-refractivity contribution in [3.8, 4) is 0 Å². The highest BCUT2D eigenvalue weighted by Crippen LogP contribution is 2.66. The van der Waals surface area contributed by atoms with Crippen LogP contribution in [0, 0.1) is 23.7 Å². The Hall–Kier alpha value is 0.140. The molecule has 1 heterocycles. The maximum atomic E-state index is 11.2. The number of aliphatic hydroxyl groups is 1. The molecule has 2 bridgehead atoms. The Morgan fingerprint density at radius 1 is 1.35 bits per heavy atom. The summed E-state index contributed by atoms with van der Waals surface area (Å²) >= 11 is 5.33. The smallest absolute Gasteiger partial charge is 0.103 e. The van der Waals surface area contributed by atoms with Crippen molar-refractivity contribution >= 4 is 27.3 Å². The molecule has 0 aliphatic heterocycles. The SMILES string of the molecule is OC1(c2sccc2Br)CC2CC1C1CCCC21. The van der Waals surface area contributed by atoms with Crippen molar-refractivity contribution in [3.63, 3.8) is 0 Å². The average Bonchev–Trinajstić information content (AvgIpc) is 2.95. The Kier molecular flexibility index (Phi) is 2.32. The van der Waals surface area contributed by atoms with Gasteiger partial charge in [0.1, 0.15) is 5.60 Å². The lowest BCUT2D eigenvalue weighted by molar-refractivity contribution is -0.0487. The fourth-order valence-electron chi connectivity index (χ4n) is 4.98. The number of halogens is 1. The van der Waals surface area contributed by atoms with Crippen LogP contribution >= 0.6 is 27.3 Å². The highest BCUT2D eigenvalue weighted by Gasteiger charge is 2.61. The lowest BCUT2D eigenvalue weighted by Crippen LogP contribution is -2.38. The first-order chi connectivity index (χ1) is 8.20. The van der Waals surface area contributed by atoms with Crippen LogP contribution in [0.5, 0.6) is 0 Å². The van der Waals surface area contributed by atoms with Gasteiger partial charge in [0.2, 0.25) is 0 Å². The zero-order valence-corrected chi connectivity index (χ0v) is 12.1. The minimum absolute atomic E-state index is 0.511. The van der Waals surface area contributed by atoms with Crippen molar-refractivity contribution < 1.29 is 5.11 Å². The second-order valence-electron chi connectivity index (χ2n) is 6.09. The van der Waals surface area contributed by atoms with Crippen LogP contribution in [0.4, 0.5) is 0 Å². The van der Waals surface area contributed by atoms with Crippen molar-refractivity contribution in [2.45, 2.75) is 37.7 Å². The van der Waals surface area contributed by atoms with E-state index < -0.39 is 5.60 Å². The fourth-order valence-corrected chi connectivity index (χ4v) is 6.87. The number of fused-ring (bicyclic) bond motifs is 5. The molecule has 1 N–H and O–H groups in total. The van der Waals surface area contributed by atoms with E-state index in [0.29, 0.717) is 5.92 Å². The summed E-state index contributed by atoms with van der Waals surface area (Å²) in [5.41, 5.74) is -0.511. The molecule has 0 saturated heterocycles. The van der Waals surface area contributed by atoms with Crippen LogP contribution in [0.1, 0.15) is 37.0 Å². The van der Waals surface area contributed by atoms with Gasteiger partial charge < -0.3 is 5.11 Å². The van der Waals surface area contributed by atoms with Gasteiger partial charge in [-0.05, 0) is 76.7 Å². The van der Waals surface area contributed by atoms with Crippen molar-refractivity contribution in [3.05, 3.63) is 20.8 Å². The van der Waals surface area contributed by atoms with Gasteiger partial charge in [0.25, 0.3) is 0 Å². The average molecular weight is 313 g/mol. The Bertz CT molecular complexity index is 457. The number of hydrogen-bond donors (Lipinski definition) is 1. The van der Waals surface area contributed by atoms with Crippen LogP contribution in [0.15, 0.2) is 15.9 Å². The van der Waals surface area contributed by atoms with E-state index in [0.717, 1.165) is 28.6 Å². The highest BCUT2D eigenvalue weighted by molar-refractivity contribution is 9.10. The molecule has 5 atom stereocenters. The van der Waals surface area contributed by atoms with Crippen molar-refractivity contribution in [2.75, 3.05) is 0 Å². The molecule has 0 spiro atoms. The number of thiophene rings is 1. The summed E-state index contributed by atoms with van der Waals surface area (Å²) in [5, 5.41) is 13.2. The summed E-state index contributed by atoms with van der Waals surface area (Å²) in [5.74, 6) is 3.09. The van der Waals surface area contributed by atoms with Crippen LogP contribution in [-0.2, 0) is 5.60 Å². The van der Waals surface area contributed by atoms with Crippen LogP contribution in [-0.4, -0.2) is 5.11 Å². The van der Waals surface area contributed by atoms with Crippen LogP contribution in [0.3, 0.4) is 0 Å². The van der Waals surface area contributed by atoms with Gasteiger partial charge in [-0.1, -0.05) is 6.42 Å². The van der Waals surface area contributed by atoms with Gasteiger partial charge in [0, 0.05) is 4.47 Å². The quantitative estimate of drug-likeness (QED) is 0.825. The van der Waals surface area contributed by atoms with E-state index in [2.05, 4.69) is 27.4 Å². The predicted octanol–water partition coefficient (Wildman–Crippen LogP) is 4.15. The van der Waals surface area contributed by atoms with Crippen molar-refractivity contribution in [1.29, 1.82) is 0 Å². The van der Waals surface area contributed by atoms with Crippen LogP contribution < -0.4 is 0 Å². The zero-order chi connectivity index (χ0) is 11.6. The van der Waals surface area contributed by atoms with E-state index in [1.807, 2.05) is 0 Å². The summed E-state index contributed by atoms with van der Waals surface area (Å²) in [6.07, 6.45) is 6.46. The van der Waals surface area contributed by atoms with Gasteiger partial charge in [-0.2, -0.15) is 0 Å². The van der Waals surface area contributed by atoms with Crippen LogP contribution in [0.2, 0.25) is 0 Å². The second-order valence-corrected chi connectivity index (χ2v) is 7.86. The normalized spacial score (nSPS) is 47.6. The lowest BCUT2D eigenvalue weighted by Gasteiger charge is -2.38. The molecule has 92 valence electrons. The summed E-state index contributed by atoms with van der Waals surface area (Å²) < 4.78 is 1.12. The van der Waals surface area contributed by atoms with Gasteiger partial charge >= 0.3 is 0 Å². The Morgan fingerprint density at radius 2 is 2.18 bits per heavy atom. The largest absolute Gasteiger partial charge is 0.384 e. The number of hydrogen-bond acceptors (Lipinski definition) is 2. The molecule has 1 nitrogen and oxygen atoms in total. The van der Waals surface area contributed by atoms with Crippen molar-refractivity contribution in [2.24, 2.45) is 23.7 Å². The minimum Gasteiger partial charge on any atom is -0.384 e. The Morgan fingerprint density at radius 3 is 2.94 bits per heavy atom. The predicted molar refractivity (Wildman–Crippen MR) is 73.0 cm³/mol. The third-order valence-corrected chi connectivity index (χ3v) is 7.51. The van der Waals surface area contributed by atoms with E-state index in [-0.39, 0.29) is 0 Å². The monoisotopic (exact) mass is 312 g/mol. The fraction of sp³-hybridized carbons (Fsp3) is 0.714. The molecular weight excluding hydrogens is 296 g/mol. The first kappa shape index (κ1) is 11.0. The van der Waals surface area contributed by atoms with E-state index in [9.17, 15) is 5.11 Å². The van der Waals surface area contributed by atoms with Crippen LogP contribution in [0.25, 0.3) is 0 Å². The molecule has 5 unspecified atom stereocenters. The molecule has 0 aromatic carbocycles. The third kappa shape index (κ3) is 1.34. The third-order valence-electron chi connectivity index (χ3n) is 5.50. The molecule has 3 saturated carbocycles. The minimum atomic E-state index is -0.511. The standard InChI is InChI=1S/C14H17BrOS/c15-12-4-5-17-13(12)14(16)7-8-6-11(14)10-3-1-2-9(8)10/h4-5,8-11,16H,1-3,6-7H2. The molecule has 1 aromatic heterocycles. The van der Waals surface area contributed by atoms with Gasteiger partial charge in [-0.3, -0.25) is 0 Å². The van der Waals surface area contributed by atoms with E-state index in [1.165, 1.54) is 30.6 Å². The van der Waals surface area contributed by atoms with E-state index in [1.54, 1.807) is 11.3 Å². The molecular formula is C14H17BrOS. The molecule has 0 amide bonds. The molecule has 1 aromatic rings. The van der Waals surface area contributed by atoms with Gasteiger partial charge in [0.15, 0.2) is 0 Å². The maximum Gasteiger partial charge on any atom is 0.103 e. The Balaban J connectivity index is 1.75. The molecule has 3 aliphatic rings. The topological polar surface area (TPSA) is 20.2 Å². The summed E-state index contributed by atoms with van der Waals surface area (Å²) in [4.78, 5) is 1.19. The summed E-state index contributed by atoms with van der Waals surface area (Å²) in [6, 6.07) is 2.08. The first-order valence-electron chi connectivity index (χ1n) is 6.66. The molecule has 3 fully saturated rings. The molecule has 17 heavy (non-hydrogen) atoms. The van der Waals surface area contributed by atoms with Gasteiger partial charge in [0.05, 0.1) is 4.88 Å². The number of rotatable bonds is 1. The summed E-state index contributed by atoms with van der Waals surface area (Å²) in [6.45, 7) is 0. The van der Waals surface area contributed by atoms with Gasteiger partial charge in [-0.15, -0.1) is 11.3 Å². The molecule has 0 radical (unpaired) electrons. The first-order valence-corrected chi connectivity index (χ1v) is 8.33. The lowest BCUT2D eigenvalue weighted by atomic mass is 9.72. The molecule has 3 heteroatoms. The second kappa shape index (κ2) is 3.58. The van der Waals surface area contributed by atoms with Crippen molar-refractivity contribution in [1.82, 2.24) is 0 Å². The van der Waals surface area contributed by atoms with E-state index in [4.69, 9.17) is 0 Å². The summed E-state index contributed by atoms with van der Waals surface area (Å²) in [7, 11) is 0. The maximum absolute atomic E-state index is 11.2. The van der Waals surface area contributed by atoms with E-state index >= 15 is 0 Å². The van der Waals surface area contributed by atoms with Gasteiger partial charge in [-0.25, -0.2) is 0 Å².